The van der Waals surface area contributed by atoms with E-state index in [1.807, 2.05) is 0 Å². The van der Waals surface area contributed by atoms with E-state index in [1.54, 1.807) is 23.1 Å². The second-order valence-corrected chi connectivity index (χ2v) is 4.99. The number of ether oxygens (including phenoxy) is 1. The summed E-state index contributed by atoms with van der Waals surface area (Å²) in [4.78, 5) is 13.3. The molecule has 1 fully saturated rings. The largest absolute Gasteiger partial charge is 0.482 e. The van der Waals surface area contributed by atoms with Crippen molar-refractivity contribution in [2.75, 3.05) is 19.7 Å². The number of β-amino-alcohol motifs (C(OH)–C–C–N with tert-alkyl or cyclic N) is 1. The molecule has 1 aliphatic heterocycles. The zero-order valence-corrected chi connectivity index (χ0v) is 11.1. The Bertz CT molecular complexity index is 453. The van der Waals surface area contributed by atoms with Crippen molar-refractivity contribution in [2.45, 2.75) is 12.5 Å². The fraction of sp³-hybridized carbons (Fsp3) is 0.417. The highest BCUT2D eigenvalue weighted by molar-refractivity contribution is 6.35. The Morgan fingerprint density at radius 1 is 1.50 bits per heavy atom. The van der Waals surface area contributed by atoms with Crippen LogP contribution in [0.1, 0.15) is 6.42 Å². The van der Waals surface area contributed by atoms with Gasteiger partial charge in [-0.3, -0.25) is 4.79 Å². The van der Waals surface area contributed by atoms with Gasteiger partial charge in [-0.1, -0.05) is 23.2 Å². The van der Waals surface area contributed by atoms with Crippen LogP contribution in [0.5, 0.6) is 5.75 Å². The fourth-order valence-electron chi connectivity index (χ4n) is 1.79. The molecule has 0 spiro atoms. The second kappa shape index (κ2) is 5.78. The number of carbonyl (C=O) groups excluding carboxylic acids is 1. The van der Waals surface area contributed by atoms with E-state index in [0.29, 0.717) is 35.3 Å². The summed E-state index contributed by atoms with van der Waals surface area (Å²) in [6, 6.07) is 4.83. The lowest BCUT2D eigenvalue weighted by atomic mass is 10.3. The molecule has 98 valence electrons. The smallest absolute Gasteiger partial charge is 0.260 e. The molecule has 1 saturated heterocycles. The van der Waals surface area contributed by atoms with Crippen LogP contribution in [0.3, 0.4) is 0 Å². The normalized spacial score (nSPS) is 19.1. The third-order valence-electron chi connectivity index (χ3n) is 2.76. The van der Waals surface area contributed by atoms with Crippen LogP contribution in [0.2, 0.25) is 10.0 Å². The SMILES string of the molecule is O=C(COc1ccc(Cl)cc1Cl)N1CC[C@@H](O)C1. The van der Waals surface area contributed by atoms with Crippen LogP contribution >= 0.6 is 23.2 Å². The number of carbonyl (C=O) groups is 1. The third kappa shape index (κ3) is 3.28. The number of hydrogen-bond acceptors (Lipinski definition) is 3. The molecule has 1 aromatic rings. The third-order valence-corrected chi connectivity index (χ3v) is 3.29. The minimum absolute atomic E-state index is 0.0892. The van der Waals surface area contributed by atoms with Gasteiger partial charge < -0.3 is 14.7 Å². The number of aliphatic hydroxyl groups excluding tert-OH is 1. The predicted molar refractivity (Wildman–Crippen MR) is 69.2 cm³/mol. The molecule has 0 radical (unpaired) electrons. The van der Waals surface area contributed by atoms with Crippen LogP contribution in [-0.4, -0.2) is 41.7 Å². The van der Waals surface area contributed by atoms with Crippen molar-refractivity contribution in [3.63, 3.8) is 0 Å². The van der Waals surface area contributed by atoms with E-state index in [-0.39, 0.29) is 12.5 Å². The number of halogens is 2. The summed E-state index contributed by atoms with van der Waals surface area (Å²) in [6.07, 6.45) is 0.195. The molecule has 0 saturated carbocycles. The Hall–Kier alpha value is -0.970. The zero-order chi connectivity index (χ0) is 13.1. The summed E-state index contributed by atoms with van der Waals surface area (Å²) < 4.78 is 5.34. The van der Waals surface area contributed by atoms with E-state index >= 15 is 0 Å². The van der Waals surface area contributed by atoms with Crippen LogP contribution < -0.4 is 4.74 Å². The first-order valence-corrected chi connectivity index (χ1v) is 6.35. The molecule has 1 amide bonds. The van der Waals surface area contributed by atoms with Crippen LogP contribution in [0, 0.1) is 0 Å². The number of rotatable bonds is 3. The first-order chi connectivity index (χ1) is 8.56. The first-order valence-electron chi connectivity index (χ1n) is 5.60. The number of likely N-dealkylation sites (tertiary alicyclic amines) is 1. The van der Waals surface area contributed by atoms with Gasteiger partial charge in [0.2, 0.25) is 0 Å². The molecular formula is C12H13Cl2NO3. The molecule has 18 heavy (non-hydrogen) atoms. The van der Waals surface area contributed by atoms with Gasteiger partial charge in [0.1, 0.15) is 5.75 Å². The average molecular weight is 290 g/mol. The van der Waals surface area contributed by atoms with Crippen molar-refractivity contribution in [3.8, 4) is 5.75 Å². The lowest BCUT2D eigenvalue weighted by Gasteiger charge is -2.16. The van der Waals surface area contributed by atoms with E-state index in [1.165, 1.54) is 0 Å². The molecule has 1 heterocycles. The maximum atomic E-state index is 11.8. The predicted octanol–water partition coefficient (Wildman–Crippen LogP) is 1.97. The standard InChI is InChI=1S/C12H13Cl2NO3/c13-8-1-2-11(10(14)5-8)18-7-12(17)15-4-3-9(16)6-15/h1-2,5,9,16H,3-4,6-7H2/t9-/m1/s1. The van der Waals surface area contributed by atoms with Crippen molar-refractivity contribution >= 4 is 29.1 Å². The molecule has 1 N–H and O–H groups in total. The summed E-state index contributed by atoms with van der Waals surface area (Å²) in [5.74, 6) is 0.270. The summed E-state index contributed by atoms with van der Waals surface area (Å²) >= 11 is 11.7. The van der Waals surface area contributed by atoms with Crippen LogP contribution in [0.15, 0.2) is 18.2 Å². The van der Waals surface area contributed by atoms with Gasteiger partial charge in [-0.05, 0) is 24.6 Å². The summed E-state index contributed by atoms with van der Waals surface area (Å²) in [5, 5.41) is 10.2. The van der Waals surface area contributed by atoms with Crippen LogP contribution in [0.4, 0.5) is 0 Å². The zero-order valence-electron chi connectivity index (χ0n) is 9.60. The van der Waals surface area contributed by atoms with Crippen molar-refractivity contribution in [3.05, 3.63) is 28.2 Å². The number of aliphatic hydroxyl groups is 1. The van der Waals surface area contributed by atoms with Gasteiger partial charge in [0.15, 0.2) is 6.61 Å². The highest BCUT2D eigenvalue weighted by Crippen LogP contribution is 2.27. The maximum absolute atomic E-state index is 11.8. The molecular weight excluding hydrogens is 277 g/mol. The number of nitrogens with zero attached hydrogens (tertiary/aromatic N) is 1. The van der Waals surface area contributed by atoms with E-state index in [0.717, 1.165) is 0 Å². The molecule has 0 unspecified atom stereocenters. The topological polar surface area (TPSA) is 49.8 Å². The molecule has 2 rings (SSSR count). The summed E-state index contributed by atoms with van der Waals surface area (Å²) in [5.41, 5.74) is 0. The Labute approximate surface area is 115 Å². The monoisotopic (exact) mass is 289 g/mol. The van der Waals surface area contributed by atoms with Crippen LogP contribution in [0.25, 0.3) is 0 Å². The number of hydrogen-bond donors (Lipinski definition) is 1. The average Bonchev–Trinajstić information content (AvgIpc) is 2.74. The van der Waals surface area contributed by atoms with Gasteiger partial charge in [0, 0.05) is 18.1 Å². The van der Waals surface area contributed by atoms with E-state index in [9.17, 15) is 9.90 Å². The maximum Gasteiger partial charge on any atom is 0.260 e. The Morgan fingerprint density at radius 3 is 2.89 bits per heavy atom. The molecule has 1 aliphatic rings. The van der Waals surface area contributed by atoms with Gasteiger partial charge in [-0.15, -0.1) is 0 Å². The van der Waals surface area contributed by atoms with E-state index in [4.69, 9.17) is 27.9 Å². The number of amides is 1. The molecule has 6 heteroatoms. The summed E-state index contributed by atoms with van der Waals surface area (Å²) in [6.45, 7) is 0.850. The van der Waals surface area contributed by atoms with Crippen molar-refractivity contribution in [2.24, 2.45) is 0 Å². The van der Waals surface area contributed by atoms with E-state index < -0.39 is 6.10 Å². The first kappa shape index (κ1) is 13.5. The quantitative estimate of drug-likeness (QED) is 0.926. The van der Waals surface area contributed by atoms with E-state index in [2.05, 4.69) is 0 Å². The molecule has 0 aliphatic carbocycles. The Morgan fingerprint density at radius 2 is 2.28 bits per heavy atom. The van der Waals surface area contributed by atoms with Crippen molar-refractivity contribution < 1.29 is 14.6 Å². The Kier molecular flexibility index (Phi) is 4.32. The van der Waals surface area contributed by atoms with Crippen LogP contribution in [-0.2, 0) is 4.79 Å². The number of benzene rings is 1. The van der Waals surface area contributed by atoms with Crippen molar-refractivity contribution in [1.29, 1.82) is 0 Å². The highest BCUT2D eigenvalue weighted by Gasteiger charge is 2.24. The highest BCUT2D eigenvalue weighted by atomic mass is 35.5. The van der Waals surface area contributed by atoms with Gasteiger partial charge >= 0.3 is 0 Å². The molecule has 0 aromatic heterocycles. The Balaban J connectivity index is 1.89. The van der Waals surface area contributed by atoms with Gasteiger partial charge in [-0.2, -0.15) is 0 Å². The second-order valence-electron chi connectivity index (χ2n) is 4.15. The summed E-state index contributed by atoms with van der Waals surface area (Å²) in [7, 11) is 0. The van der Waals surface area contributed by atoms with Crippen molar-refractivity contribution in [1.82, 2.24) is 4.90 Å². The lowest BCUT2D eigenvalue weighted by Crippen LogP contribution is -2.33. The molecule has 1 aromatic carbocycles. The van der Waals surface area contributed by atoms with Gasteiger partial charge in [0.05, 0.1) is 11.1 Å². The molecule has 4 nitrogen and oxygen atoms in total. The minimum Gasteiger partial charge on any atom is -0.482 e. The molecule has 1 atom stereocenters. The minimum atomic E-state index is -0.423. The lowest BCUT2D eigenvalue weighted by molar-refractivity contribution is -0.132. The van der Waals surface area contributed by atoms with Gasteiger partial charge in [0.25, 0.3) is 5.91 Å². The molecule has 0 bridgehead atoms. The van der Waals surface area contributed by atoms with Gasteiger partial charge in [-0.25, -0.2) is 0 Å². The fourth-order valence-corrected chi connectivity index (χ4v) is 2.25.